The number of carbonyl (C=O) groups is 1. The summed E-state index contributed by atoms with van der Waals surface area (Å²) in [6.45, 7) is 1.71. The van der Waals surface area contributed by atoms with Crippen LogP contribution in [0.4, 0.5) is 10.1 Å². The first kappa shape index (κ1) is 16.1. The van der Waals surface area contributed by atoms with Crippen LogP contribution in [0, 0.1) is 5.82 Å². The monoisotopic (exact) mass is 356 g/mol. The molecule has 2 aromatic rings. The molecule has 1 amide bonds. The topological polar surface area (TPSA) is 79.8 Å². The average Bonchev–Trinajstić information content (AvgIpc) is 3.27. The maximum Gasteiger partial charge on any atom is 0.344 e. The zero-order chi connectivity index (χ0) is 16.6. The number of nitrogens with zero attached hydrogens (tertiary/aromatic N) is 2. The summed E-state index contributed by atoms with van der Waals surface area (Å²) in [5.74, 6) is -0.826. The van der Waals surface area contributed by atoms with Gasteiger partial charge in [-0.1, -0.05) is 23.4 Å². The van der Waals surface area contributed by atoms with Crippen LogP contribution >= 0.6 is 23.4 Å². The number of halogens is 2. The average molecular weight is 357 g/mol. The smallest absolute Gasteiger partial charge is 0.325 e. The largest absolute Gasteiger partial charge is 0.344 e. The summed E-state index contributed by atoms with van der Waals surface area (Å²) in [6.07, 6.45) is 1.89. The number of anilines is 1. The SMILES string of the molecule is CC(Sc1n[nH]c(=O)n1C1CC1)C(=O)Nc1ccc(F)c(Cl)c1. The van der Waals surface area contributed by atoms with Gasteiger partial charge in [0, 0.05) is 11.7 Å². The molecule has 0 saturated heterocycles. The van der Waals surface area contributed by atoms with Crippen molar-refractivity contribution in [2.24, 2.45) is 0 Å². The van der Waals surface area contributed by atoms with Crippen molar-refractivity contribution in [2.75, 3.05) is 5.32 Å². The molecule has 2 N–H and O–H groups in total. The minimum atomic E-state index is -0.544. The minimum Gasteiger partial charge on any atom is -0.325 e. The van der Waals surface area contributed by atoms with Crippen LogP contribution in [0.3, 0.4) is 0 Å². The van der Waals surface area contributed by atoms with Gasteiger partial charge in [-0.25, -0.2) is 14.3 Å². The number of amides is 1. The van der Waals surface area contributed by atoms with Crippen molar-refractivity contribution in [2.45, 2.75) is 36.2 Å². The molecule has 3 rings (SSSR count). The lowest BCUT2D eigenvalue weighted by Crippen LogP contribution is -2.23. The molecular weight excluding hydrogens is 343 g/mol. The van der Waals surface area contributed by atoms with Crippen LogP contribution in [0.2, 0.25) is 5.02 Å². The van der Waals surface area contributed by atoms with Crippen LogP contribution in [0.5, 0.6) is 0 Å². The lowest BCUT2D eigenvalue weighted by molar-refractivity contribution is -0.115. The lowest BCUT2D eigenvalue weighted by Gasteiger charge is -2.12. The van der Waals surface area contributed by atoms with E-state index in [1.54, 1.807) is 11.5 Å². The van der Waals surface area contributed by atoms with E-state index in [0.717, 1.165) is 12.8 Å². The number of aromatic nitrogens is 3. The molecule has 1 aromatic carbocycles. The maximum atomic E-state index is 13.1. The van der Waals surface area contributed by atoms with Gasteiger partial charge in [0.25, 0.3) is 0 Å². The zero-order valence-corrected chi connectivity index (χ0v) is 13.7. The molecular formula is C14H14ClFN4O2S. The number of rotatable bonds is 5. The number of hydrogen-bond acceptors (Lipinski definition) is 4. The normalized spacial score (nSPS) is 15.4. The highest BCUT2D eigenvalue weighted by atomic mass is 35.5. The van der Waals surface area contributed by atoms with Crippen molar-refractivity contribution in [3.63, 3.8) is 0 Å². The quantitative estimate of drug-likeness (QED) is 0.807. The van der Waals surface area contributed by atoms with Crippen LogP contribution in [0.1, 0.15) is 25.8 Å². The van der Waals surface area contributed by atoms with Gasteiger partial charge in [-0.3, -0.25) is 9.36 Å². The van der Waals surface area contributed by atoms with Gasteiger partial charge in [-0.05, 0) is 38.0 Å². The van der Waals surface area contributed by atoms with E-state index in [0.29, 0.717) is 10.8 Å². The van der Waals surface area contributed by atoms with Gasteiger partial charge in [-0.2, -0.15) is 0 Å². The predicted molar refractivity (Wildman–Crippen MR) is 86.5 cm³/mol. The van der Waals surface area contributed by atoms with Gasteiger partial charge in [0.05, 0.1) is 10.3 Å². The number of benzene rings is 1. The molecule has 1 fully saturated rings. The second-order valence-corrected chi connectivity index (χ2v) is 7.01. The summed E-state index contributed by atoms with van der Waals surface area (Å²) in [4.78, 5) is 23.9. The Hall–Kier alpha value is -1.80. The number of carbonyl (C=O) groups excluding carboxylic acids is 1. The van der Waals surface area contributed by atoms with Gasteiger partial charge in [-0.15, -0.1) is 5.10 Å². The van der Waals surface area contributed by atoms with E-state index in [4.69, 9.17) is 11.6 Å². The maximum absolute atomic E-state index is 13.1. The first-order valence-electron chi connectivity index (χ1n) is 7.05. The van der Waals surface area contributed by atoms with Crippen LogP contribution in [0.25, 0.3) is 0 Å². The third-order valence-corrected chi connectivity index (χ3v) is 4.78. The number of hydrogen-bond donors (Lipinski definition) is 2. The Balaban J connectivity index is 1.68. The summed E-state index contributed by atoms with van der Waals surface area (Å²) in [7, 11) is 0. The predicted octanol–water partition coefficient (Wildman–Crippen LogP) is 2.82. The molecule has 1 aromatic heterocycles. The minimum absolute atomic E-state index is 0.0574. The first-order valence-corrected chi connectivity index (χ1v) is 8.31. The molecule has 23 heavy (non-hydrogen) atoms. The Morgan fingerprint density at radius 1 is 1.57 bits per heavy atom. The molecule has 1 heterocycles. The Bertz CT molecular complexity index is 802. The van der Waals surface area contributed by atoms with E-state index in [-0.39, 0.29) is 22.7 Å². The molecule has 0 spiro atoms. The van der Waals surface area contributed by atoms with Crippen molar-refractivity contribution < 1.29 is 9.18 Å². The summed E-state index contributed by atoms with van der Waals surface area (Å²) >= 11 is 6.88. The standard InChI is InChI=1S/C14H14ClFN4O2S/c1-7(12(21)17-8-2-5-11(16)10(15)6-8)23-14-19-18-13(22)20(14)9-3-4-9/h2,5-7,9H,3-4H2,1H3,(H,17,21)(H,18,22). The van der Waals surface area contributed by atoms with Gasteiger partial charge >= 0.3 is 5.69 Å². The summed E-state index contributed by atoms with van der Waals surface area (Å²) < 4.78 is 14.7. The van der Waals surface area contributed by atoms with E-state index in [1.807, 2.05) is 0 Å². The number of thioether (sulfide) groups is 1. The molecule has 1 unspecified atom stereocenters. The van der Waals surface area contributed by atoms with E-state index in [2.05, 4.69) is 15.5 Å². The second kappa shape index (κ2) is 6.37. The van der Waals surface area contributed by atoms with Gasteiger partial charge in [0.15, 0.2) is 5.16 Å². The molecule has 9 heteroatoms. The molecule has 0 radical (unpaired) electrons. The molecule has 0 aliphatic heterocycles. The van der Waals surface area contributed by atoms with Crippen molar-refractivity contribution in [3.05, 3.63) is 39.5 Å². The highest BCUT2D eigenvalue weighted by molar-refractivity contribution is 8.00. The highest BCUT2D eigenvalue weighted by Crippen LogP contribution is 2.36. The molecule has 6 nitrogen and oxygen atoms in total. The van der Waals surface area contributed by atoms with Crippen LogP contribution in [-0.2, 0) is 4.79 Å². The van der Waals surface area contributed by atoms with Crippen molar-refractivity contribution in [3.8, 4) is 0 Å². The zero-order valence-electron chi connectivity index (χ0n) is 12.2. The molecule has 1 saturated carbocycles. The first-order chi connectivity index (χ1) is 11.0. The third kappa shape index (κ3) is 3.59. The lowest BCUT2D eigenvalue weighted by atomic mass is 10.3. The number of nitrogens with one attached hydrogen (secondary N) is 2. The fourth-order valence-electron chi connectivity index (χ4n) is 2.06. The second-order valence-electron chi connectivity index (χ2n) is 5.29. The Morgan fingerprint density at radius 3 is 2.96 bits per heavy atom. The van der Waals surface area contributed by atoms with Crippen LogP contribution in [0.15, 0.2) is 28.2 Å². The van der Waals surface area contributed by atoms with Gasteiger partial charge < -0.3 is 5.32 Å². The van der Waals surface area contributed by atoms with E-state index in [9.17, 15) is 14.0 Å². The molecule has 0 bridgehead atoms. The Kier molecular flexibility index (Phi) is 4.45. The highest BCUT2D eigenvalue weighted by Gasteiger charge is 2.30. The summed E-state index contributed by atoms with van der Waals surface area (Å²) in [5.41, 5.74) is 0.156. The van der Waals surface area contributed by atoms with Crippen molar-refractivity contribution in [1.82, 2.24) is 14.8 Å². The van der Waals surface area contributed by atoms with Gasteiger partial charge in [0.2, 0.25) is 5.91 Å². The number of H-pyrrole nitrogens is 1. The Labute approximate surface area is 140 Å². The fraction of sp³-hybridized carbons (Fsp3) is 0.357. The van der Waals surface area contributed by atoms with E-state index < -0.39 is 11.1 Å². The molecule has 1 aliphatic rings. The summed E-state index contributed by atoms with van der Waals surface area (Å²) in [6, 6.07) is 4.15. The third-order valence-electron chi connectivity index (χ3n) is 3.42. The molecule has 1 aliphatic carbocycles. The summed E-state index contributed by atoms with van der Waals surface area (Å²) in [5, 5.41) is 9.01. The van der Waals surface area contributed by atoms with Gasteiger partial charge in [0.1, 0.15) is 5.82 Å². The fourth-order valence-corrected chi connectivity index (χ4v) is 3.16. The molecule has 122 valence electrons. The molecule has 1 atom stereocenters. The van der Waals surface area contributed by atoms with E-state index >= 15 is 0 Å². The number of aromatic amines is 1. The van der Waals surface area contributed by atoms with Crippen LogP contribution in [-0.4, -0.2) is 25.9 Å². The Morgan fingerprint density at radius 2 is 2.30 bits per heavy atom. The van der Waals surface area contributed by atoms with E-state index in [1.165, 1.54) is 30.0 Å². The van der Waals surface area contributed by atoms with Crippen LogP contribution < -0.4 is 11.0 Å². The van der Waals surface area contributed by atoms with Crippen molar-refractivity contribution in [1.29, 1.82) is 0 Å². The van der Waals surface area contributed by atoms with Crippen molar-refractivity contribution >= 4 is 35.0 Å².